The van der Waals surface area contributed by atoms with E-state index in [2.05, 4.69) is 28.7 Å². The topological polar surface area (TPSA) is 48.0 Å². The number of benzene rings is 1. The fraction of sp³-hybridized carbons (Fsp3) is 0.250. The minimum Gasteiger partial charge on any atom is -0.312 e. The maximum atomic E-state index is 7.13. The molecule has 21 heavy (non-hydrogen) atoms. The van der Waals surface area contributed by atoms with Gasteiger partial charge >= 0.3 is 0 Å². The first-order chi connectivity index (χ1) is 10.1. The highest BCUT2D eigenvalue weighted by Crippen LogP contribution is 2.28. The lowest BCUT2D eigenvalue weighted by Crippen LogP contribution is -1.97. The fourth-order valence-electron chi connectivity index (χ4n) is 2.41. The standard InChI is InChI=1S/C16H15N5/c1-10(2)13-14-16(19-9-18-13)21(4)15(20-14)11-6-5-7-12(8-11)17-3/h5-10H,1-2,4H3. The van der Waals surface area contributed by atoms with Crippen LogP contribution in [-0.4, -0.2) is 19.5 Å². The molecule has 0 bridgehead atoms. The van der Waals surface area contributed by atoms with Crippen LogP contribution < -0.4 is 0 Å². The van der Waals surface area contributed by atoms with Crippen molar-refractivity contribution in [2.45, 2.75) is 19.8 Å². The van der Waals surface area contributed by atoms with E-state index in [-0.39, 0.29) is 5.92 Å². The van der Waals surface area contributed by atoms with Gasteiger partial charge < -0.3 is 4.57 Å². The molecule has 5 heteroatoms. The molecule has 0 aliphatic rings. The molecule has 0 N–H and O–H groups in total. The van der Waals surface area contributed by atoms with Crippen molar-refractivity contribution >= 4 is 16.9 Å². The minimum atomic E-state index is 0.285. The van der Waals surface area contributed by atoms with Gasteiger partial charge in [0.05, 0.1) is 12.3 Å². The molecule has 0 aliphatic carbocycles. The monoisotopic (exact) mass is 277 g/mol. The highest BCUT2D eigenvalue weighted by molar-refractivity contribution is 5.80. The Balaban J connectivity index is 2.27. The Morgan fingerprint density at radius 2 is 2.05 bits per heavy atom. The van der Waals surface area contributed by atoms with Gasteiger partial charge in [-0.15, -0.1) is 0 Å². The van der Waals surface area contributed by atoms with Gasteiger partial charge in [0.25, 0.3) is 0 Å². The highest BCUT2D eigenvalue weighted by Gasteiger charge is 2.16. The summed E-state index contributed by atoms with van der Waals surface area (Å²) in [5.41, 5.74) is 4.12. The molecule has 5 nitrogen and oxygen atoms in total. The van der Waals surface area contributed by atoms with Crippen LogP contribution >= 0.6 is 0 Å². The lowest BCUT2D eigenvalue weighted by atomic mass is 10.1. The molecular weight excluding hydrogens is 262 g/mol. The summed E-state index contributed by atoms with van der Waals surface area (Å²) in [6.07, 6.45) is 1.58. The summed E-state index contributed by atoms with van der Waals surface area (Å²) in [6, 6.07) is 7.46. The van der Waals surface area contributed by atoms with Crippen molar-refractivity contribution in [1.82, 2.24) is 19.5 Å². The van der Waals surface area contributed by atoms with Crippen LogP contribution in [0.25, 0.3) is 27.4 Å². The predicted molar refractivity (Wildman–Crippen MR) is 82.1 cm³/mol. The zero-order chi connectivity index (χ0) is 15.0. The Morgan fingerprint density at radius 3 is 2.76 bits per heavy atom. The van der Waals surface area contributed by atoms with Gasteiger partial charge in [-0.2, -0.15) is 0 Å². The fourth-order valence-corrected chi connectivity index (χ4v) is 2.41. The molecule has 0 spiro atoms. The van der Waals surface area contributed by atoms with E-state index >= 15 is 0 Å². The van der Waals surface area contributed by atoms with E-state index in [0.29, 0.717) is 5.69 Å². The molecule has 2 aromatic heterocycles. The van der Waals surface area contributed by atoms with Gasteiger partial charge in [-0.25, -0.2) is 19.8 Å². The Kier molecular flexibility index (Phi) is 3.15. The van der Waals surface area contributed by atoms with Crippen molar-refractivity contribution in [3.8, 4) is 11.4 Å². The zero-order valence-electron chi connectivity index (χ0n) is 12.2. The van der Waals surface area contributed by atoms with Gasteiger partial charge in [0.1, 0.15) is 17.7 Å². The molecule has 0 unspecified atom stereocenters. The Labute approximate surface area is 123 Å². The normalized spacial score (nSPS) is 11.0. The van der Waals surface area contributed by atoms with Crippen LogP contribution in [0.5, 0.6) is 0 Å². The number of aryl methyl sites for hydroxylation is 1. The van der Waals surface area contributed by atoms with Crippen LogP contribution in [0.15, 0.2) is 30.6 Å². The third kappa shape index (κ3) is 2.15. The summed E-state index contributed by atoms with van der Waals surface area (Å²) in [5.74, 6) is 1.09. The maximum absolute atomic E-state index is 7.13. The van der Waals surface area contributed by atoms with Crippen LogP contribution in [0.2, 0.25) is 0 Å². The molecule has 0 saturated carbocycles. The summed E-state index contributed by atoms with van der Waals surface area (Å²) in [7, 11) is 1.94. The molecule has 3 rings (SSSR count). The SMILES string of the molecule is [C-]#[N+]c1cccc(-c2nc3c(C(C)C)ncnc3n2C)c1. The van der Waals surface area contributed by atoms with Crippen molar-refractivity contribution in [2.75, 3.05) is 0 Å². The van der Waals surface area contributed by atoms with Crippen molar-refractivity contribution < 1.29 is 0 Å². The second-order valence-corrected chi connectivity index (χ2v) is 5.24. The van der Waals surface area contributed by atoms with Gasteiger partial charge in [-0.1, -0.05) is 32.0 Å². The largest absolute Gasteiger partial charge is 0.312 e. The summed E-state index contributed by atoms with van der Waals surface area (Å²) in [6.45, 7) is 11.3. The van der Waals surface area contributed by atoms with E-state index in [0.717, 1.165) is 28.2 Å². The maximum Gasteiger partial charge on any atom is 0.187 e. The van der Waals surface area contributed by atoms with Gasteiger partial charge in [-0.05, 0) is 12.0 Å². The first-order valence-electron chi connectivity index (χ1n) is 6.77. The van der Waals surface area contributed by atoms with E-state index in [1.165, 1.54) is 0 Å². The highest BCUT2D eigenvalue weighted by atomic mass is 15.1. The molecule has 0 radical (unpaired) electrons. The van der Waals surface area contributed by atoms with Crippen LogP contribution in [0, 0.1) is 6.57 Å². The van der Waals surface area contributed by atoms with E-state index in [4.69, 9.17) is 11.6 Å². The van der Waals surface area contributed by atoms with Crippen molar-refractivity contribution in [2.24, 2.45) is 7.05 Å². The zero-order valence-corrected chi connectivity index (χ0v) is 12.2. The molecule has 0 atom stereocenters. The van der Waals surface area contributed by atoms with Crippen molar-refractivity contribution in [3.05, 3.63) is 47.7 Å². The van der Waals surface area contributed by atoms with E-state index in [1.807, 2.05) is 29.8 Å². The Morgan fingerprint density at radius 1 is 1.24 bits per heavy atom. The summed E-state index contributed by atoms with van der Waals surface area (Å²) in [4.78, 5) is 16.9. The third-order valence-corrected chi connectivity index (χ3v) is 3.46. The molecular formula is C16H15N5. The Hall–Kier alpha value is -2.74. The van der Waals surface area contributed by atoms with E-state index in [1.54, 1.807) is 12.4 Å². The quantitative estimate of drug-likeness (QED) is 0.671. The Bertz CT molecular complexity index is 855. The van der Waals surface area contributed by atoms with Gasteiger partial charge in [0.15, 0.2) is 11.3 Å². The lowest BCUT2D eigenvalue weighted by Gasteiger charge is -2.03. The minimum absolute atomic E-state index is 0.285. The molecule has 0 amide bonds. The second-order valence-electron chi connectivity index (χ2n) is 5.24. The molecule has 104 valence electrons. The smallest absolute Gasteiger partial charge is 0.187 e. The van der Waals surface area contributed by atoms with Crippen LogP contribution in [-0.2, 0) is 7.05 Å². The number of hydrogen-bond donors (Lipinski definition) is 0. The van der Waals surface area contributed by atoms with Gasteiger partial charge in [0, 0.05) is 12.6 Å². The summed E-state index contributed by atoms with van der Waals surface area (Å²) >= 11 is 0. The number of hydrogen-bond acceptors (Lipinski definition) is 3. The molecule has 2 heterocycles. The molecule has 0 saturated heterocycles. The molecule has 1 aromatic carbocycles. The number of fused-ring (bicyclic) bond motifs is 1. The first-order valence-corrected chi connectivity index (χ1v) is 6.77. The number of imidazole rings is 1. The summed E-state index contributed by atoms with van der Waals surface area (Å²) in [5, 5.41) is 0. The molecule has 0 fully saturated rings. The predicted octanol–water partition coefficient (Wildman–Crippen LogP) is 3.70. The van der Waals surface area contributed by atoms with Gasteiger partial charge in [0.2, 0.25) is 0 Å². The average Bonchev–Trinajstić information content (AvgIpc) is 2.84. The number of rotatable bonds is 2. The lowest BCUT2D eigenvalue weighted by molar-refractivity contribution is 0.824. The van der Waals surface area contributed by atoms with Crippen molar-refractivity contribution in [3.63, 3.8) is 0 Å². The van der Waals surface area contributed by atoms with Crippen LogP contribution in [0.3, 0.4) is 0 Å². The van der Waals surface area contributed by atoms with Gasteiger partial charge in [-0.3, -0.25) is 0 Å². The van der Waals surface area contributed by atoms with Crippen LogP contribution in [0.4, 0.5) is 5.69 Å². The van der Waals surface area contributed by atoms with E-state index in [9.17, 15) is 0 Å². The van der Waals surface area contributed by atoms with E-state index < -0.39 is 0 Å². The molecule has 3 aromatic rings. The first kappa shape index (κ1) is 13.3. The summed E-state index contributed by atoms with van der Waals surface area (Å²) < 4.78 is 1.95. The molecule has 0 aliphatic heterocycles. The second kappa shape index (κ2) is 4.98. The van der Waals surface area contributed by atoms with Crippen LogP contribution in [0.1, 0.15) is 25.5 Å². The number of aromatic nitrogens is 4. The van der Waals surface area contributed by atoms with Crippen molar-refractivity contribution in [1.29, 1.82) is 0 Å². The third-order valence-electron chi connectivity index (χ3n) is 3.46. The number of nitrogens with zero attached hydrogens (tertiary/aromatic N) is 5. The average molecular weight is 277 g/mol.